The molecule has 0 bridgehead atoms. The van der Waals surface area contributed by atoms with E-state index < -0.39 is 23.6 Å². The van der Waals surface area contributed by atoms with Gasteiger partial charge in [0.15, 0.2) is 5.78 Å². The van der Waals surface area contributed by atoms with E-state index in [1.54, 1.807) is 69.3 Å². The third kappa shape index (κ3) is 6.01. The molecule has 1 heterocycles. The van der Waals surface area contributed by atoms with Gasteiger partial charge in [0.25, 0.3) is 5.91 Å². The summed E-state index contributed by atoms with van der Waals surface area (Å²) in [6.07, 6.45) is -0.804. The molecular weight excluding hydrogens is 412 g/mol. The van der Waals surface area contributed by atoms with Crippen molar-refractivity contribution in [1.82, 2.24) is 4.90 Å². The third-order valence-electron chi connectivity index (χ3n) is 4.61. The Morgan fingerprint density at radius 2 is 1.62 bits per heavy atom. The quantitative estimate of drug-likeness (QED) is 0.535. The van der Waals surface area contributed by atoms with Gasteiger partial charge in [-0.25, -0.2) is 9.69 Å². The largest absolute Gasteiger partial charge is 0.443 e. The van der Waals surface area contributed by atoms with Gasteiger partial charge in [-0.2, -0.15) is 0 Å². The summed E-state index contributed by atoms with van der Waals surface area (Å²) in [6, 6.07) is 15.0. The molecule has 8 nitrogen and oxygen atoms in total. The highest BCUT2D eigenvalue weighted by atomic mass is 16.6. The van der Waals surface area contributed by atoms with Gasteiger partial charge in [-0.1, -0.05) is 30.3 Å². The number of carbonyl (C=O) groups is 4. The lowest BCUT2D eigenvalue weighted by Crippen LogP contribution is -2.47. The molecule has 0 saturated heterocycles. The van der Waals surface area contributed by atoms with E-state index in [2.05, 4.69) is 0 Å². The van der Waals surface area contributed by atoms with Crippen molar-refractivity contribution in [2.24, 2.45) is 0 Å². The molecule has 0 fully saturated rings. The maximum absolute atomic E-state index is 13.2. The number of hydrogen-bond acceptors (Lipinski definition) is 7. The van der Waals surface area contributed by atoms with Crippen LogP contribution in [0, 0.1) is 0 Å². The van der Waals surface area contributed by atoms with E-state index in [-0.39, 0.29) is 43.1 Å². The van der Waals surface area contributed by atoms with Gasteiger partial charge in [0, 0.05) is 18.5 Å². The number of amides is 2. The Morgan fingerprint density at radius 1 is 0.969 bits per heavy atom. The van der Waals surface area contributed by atoms with Crippen molar-refractivity contribution in [2.75, 3.05) is 24.5 Å². The van der Waals surface area contributed by atoms with Gasteiger partial charge in [-0.15, -0.1) is 0 Å². The second kappa shape index (κ2) is 9.74. The predicted octanol–water partition coefficient (Wildman–Crippen LogP) is 3.45. The van der Waals surface area contributed by atoms with Gasteiger partial charge in [-0.3, -0.25) is 19.3 Å². The molecule has 2 aromatic rings. The summed E-state index contributed by atoms with van der Waals surface area (Å²) in [5, 5.41) is 0. The van der Waals surface area contributed by atoms with Gasteiger partial charge >= 0.3 is 12.1 Å². The zero-order chi connectivity index (χ0) is 23.3. The fourth-order valence-electron chi connectivity index (χ4n) is 3.25. The van der Waals surface area contributed by atoms with Crippen molar-refractivity contribution in [3.05, 3.63) is 60.2 Å². The summed E-state index contributed by atoms with van der Waals surface area (Å²) in [6.45, 7) is 4.75. The number of fused-ring (bicyclic) bond motifs is 1. The molecule has 32 heavy (non-hydrogen) atoms. The molecule has 2 aromatic carbocycles. The summed E-state index contributed by atoms with van der Waals surface area (Å²) < 4.78 is 10.7. The number of nitrogens with zero attached hydrogens (tertiary/aromatic N) is 2. The smallest absolute Gasteiger partial charge is 0.421 e. The number of ether oxygens (including phenoxy) is 2. The maximum Gasteiger partial charge on any atom is 0.421 e. The molecule has 0 aromatic heterocycles. The minimum Gasteiger partial charge on any atom is -0.443 e. The number of para-hydroxylation sites is 2. The highest BCUT2D eigenvalue weighted by Crippen LogP contribution is 2.26. The number of esters is 1. The van der Waals surface area contributed by atoms with E-state index in [1.807, 2.05) is 0 Å². The predicted molar refractivity (Wildman–Crippen MR) is 118 cm³/mol. The molecule has 0 unspecified atom stereocenters. The van der Waals surface area contributed by atoms with E-state index in [9.17, 15) is 19.2 Å². The Labute approximate surface area is 186 Å². The van der Waals surface area contributed by atoms with E-state index in [1.165, 1.54) is 11.0 Å². The van der Waals surface area contributed by atoms with Crippen molar-refractivity contribution in [1.29, 1.82) is 0 Å². The summed E-state index contributed by atoms with van der Waals surface area (Å²) in [5.41, 5.74) is -0.417. The summed E-state index contributed by atoms with van der Waals surface area (Å²) in [4.78, 5) is 53.7. The standard InChI is InChI=1S/C24H26N2O6/c1-24(2,3)32-23(30)26-19-12-8-7-11-18(19)20(27)13-14-25(15-21(26)28)16-22(29)31-17-9-5-4-6-10-17/h4-12H,13-16H2,1-3H3. The van der Waals surface area contributed by atoms with Gasteiger partial charge in [0.05, 0.1) is 18.8 Å². The average Bonchev–Trinajstić information content (AvgIpc) is 2.75. The number of carbonyl (C=O) groups excluding carboxylic acids is 4. The van der Waals surface area contributed by atoms with Crippen molar-refractivity contribution >= 4 is 29.4 Å². The van der Waals surface area contributed by atoms with Crippen molar-refractivity contribution < 1.29 is 28.7 Å². The highest BCUT2D eigenvalue weighted by Gasteiger charge is 2.34. The lowest BCUT2D eigenvalue weighted by Gasteiger charge is -2.28. The molecule has 0 saturated carbocycles. The first-order valence-corrected chi connectivity index (χ1v) is 10.3. The van der Waals surface area contributed by atoms with Crippen LogP contribution >= 0.6 is 0 Å². The first kappa shape index (κ1) is 23.1. The SMILES string of the molecule is CC(C)(C)OC(=O)N1C(=O)CN(CC(=O)Oc2ccccc2)CCC(=O)c2ccccc21. The Balaban J connectivity index is 1.85. The summed E-state index contributed by atoms with van der Waals surface area (Å²) in [7, 11) is 0. The van der Waals surface area contributed by atoms with Crippen molar-refractivity contribution in [3.8, 4) is 5.75 Å². The molecule has 0 radical (unpaired) electrons. The second-order valence-electron chi connectivity index (χ2n) is 8.40. The van der Waals surface area contributed by atoms with Crippen LogP contribution in [-0.4, -0.2) is 53.9 Å². The van der Waals surface area contributed by atoms with Crippen LogP contribution in [0.5, 0.6) is 5.75 Å². The molecular formula is C24H26N2O6. The third-order valence-corrected chi connectivity index (χ3v) is 4.61. The number of Topliss-reactive ketones (excluding diaryl/α,β-unsaturated/α-hetero) is 1. The highest BCUT2D eigenvalue weighted by molar-refractivity contribution is 6.17. The molecule has 1 aliphatic heterocycles. The molecule has 8 heteroatoms. The number of ketones is 1. The van der Waals surface area contributed by atoms with Crippen LogP contribution in [0.25, 0.3) is 0 Å². The molecule has 2 amide bonds. The van der Waals surface area contributed by atoms with Crippen LogP contribution in [0.2, 0.25) is 0 Å². The van der Waals surface area contributed by atoms with Crippen LogP contribution in [0.4, 0.5) is 10.5 Å². The van der Waals surface area contributed by atoms with Gasteiger partial charge in [-0.05, 0) is 45.0 Å². The Kier molecular flexibility index (Phi) is 7.05. The Bertz CT molecular complexity index is 1010. The fraction of sp³-hybridized carbons (Fsp3) is 0.333. The van der Waals surface area contributed by atoms with E-state index in [0.29, 0.717) is 5.75 Å². The van der Waals surface area contributed by atoms with E-state index in [4.69, 9.17) is 9.47 Å². The first-order valence-electron chi connectivity index (χ1n) is 10.3. The second-order valence-corrected chi connectivity index (χ2v) is 8.40. The molecule has 3 rings (SSSR count). The van der Waals surface area contributed by atoms with Gasteiger partial charge in [0.2, 0.25) is 0 Å². The topological polar surface area (TPSA) is 93.2 Å². The average molecular weight is 438 g/mol. The number of benzene rings is 2. The zero-order valence-corrected chi connectivity index (χ0v) is 18.4. The monoisotopic (exact) mass is 438 g/mol. The zero-order valence-electron chi connectivity index (χ0n) is 18.4. The molecule has 0 N–H and O–H groups in total. The van der Waals surface area contributed by atoms with Crippen molar-refractivity contribution in [3.63, 3.8) is 0 Å². The van der Waals surface area contributed by atoms with Crippen LogP contribution in [-0.2, 0) is 14.3 Å². The summed E-state index contributed by atoms with van der Waals surface area (Å²) >= 11 is 0. The Hall–Kier alpha value is -3.52. The maximum atomic E-state index is 13.2. The summed E-state index contributed by atoms with van der Waals surface area (Å²) in [5.74, 6) is -1.04. The van der Waals surface area contributed by atoms with E-state index >= 15 is 0 Å². The lowest BCUT2D eigenvalue weighted by molar-refractivity contribution is -0.136. The molecule has 168 valence electrons. The lowest BCUT2D eigenvalue weighted by atomic mass is 10.1. The number of hydrogen-bond donors (Lipinski definition) is 0. The number of anilines is 1. The van der Waals surface area contributed by atoms with Crippen LogP contribution in [0.15, 0.2) is 54.6 Å². The first-order chi connectivity index (χ1) is 15.1. The minimum atomic E-state index is -0.878. The minimum absolute atomic E-state index is 0.0745. The van der Waals surface area contributed by atoms with Crippen LogP contribution in [0.1, 0.15) is 37.6 Å². The number of imide groups is 1. The Morgan fingerprint density at radius 3 is 2.31 bits per heavy atom. The number of rotatable bonds is 3. The van der Waals surface area contributed by atoms with Crippen LogP contribution < -0.4 is 9.64 Å². The molecule has 0 spiro atoms. The molecule has 0 aliphatic carbocycles. The normalized spacial score (nSPS) is 15.3. The van der Waals surface area contributed by atoms with Crippen LogP contribution in [0.3, 0.4) is 0 Å². The van der Waals surface area contributed by atoms with E-state index in [0.717, 1.165) is 4.90 Å². The molecule has 1 aliphatic rings. The van der Waals surface area contributed by atoms with Crippen molar-refractivity contribution in [2.45, 2.75) is 32.8 Å². The fourth-order valence-corrected chi connectivity index (χ4v) is 3.25. The van der Waals surface area contributed by atoms with Gasteiger partial charge < -0.3 is 9.47 Å². The molecule has 0 atom stereocenters. The van der Waals surface area contributed by atoms with Gasteiger partial charge in [0.1, 0.15) is 11.4 Å².